The van der Waals surface area contributed by atoms with Gasteiger partial charge in [0.25, 0.3) is 5.91 Å². The number of hydrogen-bond donors (Lipinski definition) is 2. The number of amides is 1. The molecule has 0 saturated carbocycles. The van der Waals surface area contributed by atoms with Crippen molar-refractivity contribution in [3.8, 4) is 0 Å². The number of carbonyl (C=O) groups is 1. The molecule has 0 saturated heterocycles. The summed E-state index contributed by atoms with van der Waals surface area (Å²) in [6, 6.07) is 11.9. The number of fused-ring (bicyclic) bond motifs is 1. The number of nitrogens with one attached hydrogen (secondary N) is 1. The van der Waals surface area contributed by atoms with Crippen molar-refractivity contribution >= 4 is 16.8 Å². The number of nitrogen functional groups attached to an aromatic ring is 1. The van der Waals surface area contributed by atoms with Crippen LogP contribution in [0.3, 0.4) is 0 Å². The Labute approximate surface area is 122 Å². The molecule has 1 amide bonds. The second kappa shape index (κ2) is 5.38. The summed E-state index contributed by atoms with van der Waals surface area (Å²) < 4.78 is 2.15. The molecule has 21 heavy (non-hydrogen) atoms. The minimum Gasteiger partial charge on any atom is -0.341 e. The first-order valence-electron chi connectivity index (χ1n) is 6.69. The van der Waals surface area contributed by atoms with Gasteiger partial charge in [-0.05, 0) is 36.8 Å². The van der Waals surface area contributed by atoms with Gasteiger partial charge in [-0.1, -0.05) is 12.1 Å². The minimum absolute atomic E-state index is 0.337. The Morgan fingerprint density at radius 2 is 2.14 bits per heavy atom. The van der Waals surface area contributed by atoms with Crippen LogP contribution in [0.15, 0.2) is 48.8 Å². The van der Waals surface area contributed by atoms with Gasteiger partial charge < -0.3 is 4.57 Å². The number of hydrogen-bond acceptors (Lipinski definition) is 3. The summed E-state index contributed by atoms with van der Waals surface area (Å²) in [6.45, 7) is 2.77. The Bertz CT molecular complexity index is 790. The summed E-state index contributed by atoms with van der Waals surface area (Å²) in [4.78, 5) is 15.7. The summed E-state index contributed by atoms with van der Waals surface area (Å²) in [5.41, 5.74) is 5.88. The quantitative estimate of drug-likeness (QED) is 0.438. The Kier molecular flexibility index (Phi) is 3.41. The van der Waals surface area contributed by atoms with E-state index < -0.39 is 0 Å². The van der Waals surface area contributed by atoms with Crippen LogP contribution in [0.5, 0.6) is 0 Å². The molecule has 3 aromatic rings. The van der Waals surface area contributed by atoms with E-state index in [1.165, 1.54) is 22.7 Å². The molecule has 2 aromatic heterocycles. The Hall–Kier alpha value is -2.66. The maximum Gasteiger partial charge on any atom is 0.266 e. The van der Waals surface area contributed by atoms with Crippen molar-refractivity contribution < 1.29 is 4.79 Å². The third-order valence-corrected chi connectivity index (χ3v) is 3.58. The summed E-state index contributed by atoms with van der Waals surface area (Å²) in [7, 11) is 0. The van der Waals surface area contributed by atoms with Gasteiger partial charge in [-0.25, -0.2) is 5.84 Å². The summed E-state index contributed by atoms with van der Waals surface area (Å²) >= 11 is 0. The Morgan fingerprint density at radius 3 is 2.86 bits per heavy atom. The lowest BCUT2D eigenvalue weighted by Crippen LogP contribution is -2.30. The molecule has 0 unspecified atom stereocenters. The summed E-state index contributed by atoms with van der Waals surface area (Å²) in [5.74, 6) is 4.76. The zero-order valence-electron chi connectivity index (χ0n) is 11.7. The average molecular weight is 280 g/mol. The van der Waals surface area contributed by atoms with Gasteiger partial charge in [0.1, 0.15) is 0 Å². The fourth-order valence-electron chi connectivity index (χ4n) is 2.43. The van der Waals surface area contributed by atoms with Crippen LogP contribution < -0.4 is 11.3 Å². The number of carbonyl (C=O) groups excluding carboxylic acids is 1. The molecule has 5 heteroatoms. The fraction of sp³-hybridized carbons (Fsp3) is 0.125. The van der Waals surface area contributed by atoms with E-state index in [1.807, 2.05) is 6.07 Å². The molecule has 1 aromatic carbocycles. The number of aromatic nitrogens is 2. The maximum absolute atomic E-state index is 11.4. The van der Waals surface area contributed by atoms with E-state index in [0.717, 1.165) is 5.69 Å². The standard InChI is InChI=1S/C16H16N4O/c1-11-3-2-4-15-14(11)7-8-20(15)10-13-6-5-12(9-18-13)16(21)19-17/h2-9H,10,17H2,1H3,(H,19,21). The van der Waals surface area contributed by atoms with Crippen molar-refractivity contribution in [2.24, 2.45) is 5.84 Å². The van der Waals surface area contributed by atoms with E-state index in [9.17, 15) is 4.79 Å². The van der Waals surface area contributed by atoms with Crippen LogP contribution in [-0.2, 0) is 6.54 Å². The molecule has 106 valence electrons. The monoisotopic (exact) mass is 280 g/mol. The molecule has 0 aliphatic carbocycles. The van der Waals surface area contributed by atoms with E-state index in [1.54, 1.807) is 6.07 Å². The largest absolute Gasteiger partial charge is 0.341 e. The highest BCUT2D eigenvalue weighted by molar-refractivity contribution is 5.93. The van der Waals surface area contributed by atoms with Crippen molar-refractivity contribution in [1.29, 1.82) is 0 Å². The smallest absolute Gasteiger partial charge is 0.266 e. The van der Waals surface area contributed by atoms with Crippen LogP contribution in [0.1, 0.15) is 21.6 Å². The van der Waals surface area contributed by atoms with Crippen LogP contribution in [0.25, 0.3) is 10.9 Å². The average Bonchev–Trinajstić information content (AvgIpc) is 2.92. The van der Waals surface area contributed by atoms with Crippen molar-refractivity contribution in [2.45, 2.75) is 13.5 Å². The molecule has 5 nitrogen and oxygen atoms in total. The molecule has 0 bridgehead atoms. The van der Waals surface area contributed by atoms with Gasteiger partial charge >= 0.3 is 0 Å². The third-order valence-electron chi connectivity index (χ3n) is 3.58. The highest BCUT2D eigenvalue weighted by Crippen LogP contribution is 2.20. The SMILES string of the molecule is Cc1cccc2c1ccn2Cc1ccc(C(=O)NN)cn1. The molecule has 0 fully saturated rings. The van der Waals surface area contributed by atoms with E-state index in [-0.39, 0.29) is 5.91 Å². The fourth-order valence-corrected chi connectivity index (χ4v) is 2.43. The van der Waals surface area contributed by atoms with Crippen molar-refractivity contribution in [3.63, 3.8) is 0 Å². The predicted molar refractivity (Wildman–Crippen MR) is 81.7 cm³/mol. The zero-order chi connectivity index (χ0) is 14.8. The van der Waals surface area contributed by atoms with Crippen LogP contribution >= 0.6 is 0 Å². The number of nitrogens with two attached hydrogens (primary N) is 1. The molecule has 0 radical (unpaired) electrons. The first-order valence-corrected chi connectivity index (χ1v) is 6.69. The van der Waals surface area contributed by atoms with Gasteiger partial charge in [0.05, 0.1) is 17.8 Å². The first kappa shape index (κ1) is 13.3. The zero-order valence-corrected chi connectivity index (χ0v) is 11.7. The lowest BCUT2D eigenvalue weighted by Gasteiger charge is -2.06. The van der Waals surface area contributed by atoms with E-state index in [2.05, 4.69) is 52.4 Å². The van der Waals surface area contributed by atoms with Gasteiger partial charge in [0, 0.05) is 23.3 Å². The summed E-state index contributed by atoms with van der Waals surface area (Å²) in [6.07, 6.45) is 3.59. The van der Waals surface area contributed by atoms with Crippen molar-refractivity contribution in [1.82, 2.24) is 15.0 Å². The Balaban J connectivity index is 1.88. The third kappa shape index (κ3) is 2.51. The van der Waals surface area contributed by atoms with Gasteiger partial charge in [-0.15, -0.1) is 0 Å². The number of benzene rings is 1. The highest BCUT2D eigenvalue weighted by atomic mass is 16.2. The van der Waals surface area contributed by atoms with Crippen LogP contribution in [0, 0.1) is 6.92 Å². The number of aryl methyl sites for hydroxylation is 1. The molecule has 3 N–H and O–H groups in total. The minimum atomic E-state index is -0.337. The second-order valence-corrected chi connectivity index (χ2v) is 4.96. The maximum atomic E-state index is 11.4. The van der Waals surface area contributed by atoms with E-state index in [0.29, 0.717) is 12.1 Å². The Morgan fingerprint density at radius 1 is 1.29 bits per heavy atom. The molecular formula is C16H16N4O. The van der Waals surface area contributed by atoms with Gasteiger partial charge in [0.2, 0.25) is 0 Å². The number of rotatable bonds is 3. The number of nitrogens with zero attached hydrogens (tertiary/aromatic N) is 2. The number of hydrazine groups is 1. The molecule has 3 rings (SSSR count). The molecule has 0 spiro atoms. The van der Waals surface area contributed by atoms with Crippen molar-refractivity contribution in [2.75, 3.05) is 0 Å². The van der Waals surface area contributed by atoms with E-state index in [4.69, 9.17) is 5.84 Å². The molecular weight excluding hydrogens is 264 g/mol. The summed E-state index contributed by atoms with van der Waals surface area (Å²) in [5, 5.41) is 1.25. The normalized spacial score (nSPS) is 10.8. The number of pyridine rings is 1. The van der Waals surface area contributed by atoms with Crippen LogP contribution in [-0.4, -0.2) is 15.5 Å². The van der Waals surface area contributed by atoms with E-state index >= 15 is 0 Å². The van der Waals surface area contributed by atoms with Gasteiger partial charge in [-0.3, -0.25) is 15.2 Å². The lowest BCUT2D eigenvalue weighted by atomic mass is 10.1. The first-order chi connectivity index (χ1) is 10.2. The molecule has 0 aliphatic heterocycles. The molecule has 0 aliphatic rings. The van der Waals surface area contributed by atoms with Gasteiger partial charge in [0.15, 0.2) is 0 Å². The molecule has 2 heterocycles. The molecule has 0 atom stereocenters. The second-order valence-electron chi connectivity index (χ2n) is 4.96. The highest BCUT2D eigenvalue weighted by Gasteiger charge is 2.06. The predicted octanol–water partition coefficient (Wildman–Crippen LogP) is 2.00. The van der Waals surface area contributed by atoms with Crippen LogP contribution in [0.2, 0.25) is 0 Å². The topological polar surface area (TPSA) is 72.9 Å². The lowest BCUT2D eigenvalue weighted by molar-refractivity contribution is 0.0953. The van der Waals surface area contributed by atoms with Crippen LogP contribution in [0.4, 0.5) is 0 Å². The van der Waals surface area contributed by atoms with Crippen molar-refractivity contribution in [3.05, 3.63) is 65.6 Å². The van der Waals surface area contributed by atoms with Gasteiger partial charge in [-0.2, -0.15) is 0 Å².